The van der Waals surface area contributed by atoms with Crippen LogP contribution < -0.4 is 0 Å². The summed E-state index contributed by atoms with van der Waals surface area (Å²) in [6.07, 6.45) is 4.42. The Morgan fingerprint density at radius 3 is 2.42 bits per heavy atom. The summed E-state index contributed by atoms with van der Waals surface area (Å²) < 4.78 is 35.5. The maximum atomic E-state index is 11.7. The van der Waals surface area contributed by atoms with Crippen molar-refractivity contribution in [3.63, 3.8) is 0 Å². The van der Waals surface area contributed by atoms with Crippen LogP contribution >= 0.6 is 0 Å². The van der Waals surface area contributed by atoms with Crippen LogP contribution in [-0.4, -0.2) is 36.1 Å². The van der Waals surface area contributed by atoms with Gasteiger partial charge in [-0.3, -0.25) is 4.55 Å². The number of esters is 1. The van der Waals surface area contributed by atoms with Crippen molar-refractivity contribution in [1.29, 1.82) is 0 Å². The summed E-state index contributed by atoms with van der Waals surface area (Å²) in [6.45, 7) is 3.44. The fourth-order valence-electron chi connectivity index (χ4n) is 1.88. The van der Waals surface area contributed by atoms with Gasteiger partial charge in [0.1, 0.15) is 6.61 Å². The van der Waals surface area contributed by atoms with Gasteiger partial charge in [0.25, 0.3) is 10.1 Å². The smallest absolute Gasteiger partial charge is 0.338 e. The van der Waals surface area contributed by atoms with Crippen molar-refractivity contribution < 1.29 is 27.6 Å². The predicted molar refractivity (Wildman–Crippen MR) is 91.0 cm³/mol. The molecule has 0 saturated carbocycles. The van der Waals surface area contributed by atoms with Crippen LogP contribution in [0.25, 0.3) is 0 Å². The standard InChI is InChI=1S/C17H22O6S/c1-13(7-6-8-14(2)17(19)24(20,21)22)11-12-23-16(18)15-9-4-3-5-10-15/h3-5,8-11,17,19H,6-7,12H2,1-2H3,(H,20,21,22). The van der Waals surface area contributed by atoms with Crippen LogP contribution in [0.3, 0.4) is 0 Å². The second kappa shape index (κ2) is 9.36. The Morgan fingerprint density at radius 1 is 1.21 bits per heavy atom. The van der Waals surface area contributed by atoms with Gasteiger partial charge in [0, 0.05) is 0 Å². The number of hydrogen-bond donors (Lipinski definition) is 2. The van der Waals surface area contributed by atoms with Crippen molar-refractivity contribution in [3.8, 4) is 0 Å². The second-order valence-electron chi connectivity index (χ2n) is 5.37. The van der Waals surface area contributed by atoms with Gasteiger partial charge in [0.2, 0.25) is 5.44 Å². The number of aliphatic hydroxyl groups excluding tert-OH is 1. The molecule has 0 amide bonds. The van der Waals surface area contributed by atoms with E-state index in [0.717, 1.165) is 5.57 Å². The number of rotatable bonds is 8. The Morgan fingerprint density at radius 2 is 1.83 bits per heavy atom. The zero-order valence-corrected chi connectivity index (χ0v) is 14.5. The fourth-order valence-corrected chi connectivity index (χ4v) is 2.45. The largest absolute Gasteiger partial charge is 0.458 e. The van der Waals surface area contributed by atoms with Gasteiger partial charge < -0.3 is 9.84 Å². The van der Waals surface area contributed by atoms with Crippen LogP contribution in [0.15, 0.2) is 53.6 Å². The SMILES string of the molecule is CC(=CCOC(=O)c1ccccc1)CCC=C(C)C(O)S(=O)(=O)O. The van der Waals surface area contributed by atoms with Gasteiger partial charge in [-0.1, -0.05) is 29.8 Å². The molecule has 0 aliphatic carbocycles. The first-order chi connectivity index (χ1) is 11.2. The minimum Gasteiger partial charge on any atom is -0.458 e. The number of ether oxygens (including phenoxy) is 1. The molecule has 2 N–H and O–H groups in total. The van der Waals surface area contributed by atoms with Crippen molar-refractivity contribution in [2.45, 2.75) is 32.1 Å². The molecular weight excluding hydrogens is 332 g/mol. The number of aliphatic hydroxyl groups is 1. The zero-order chi connectivity index (χ0) is 18.2. The first-order valence-electron chi connectivity index (χ1n) is 7.40. The van der Waals surface area contributed by atoms with E-state index in [1.807, 2.05) is 13.0 Å². The Labute approximate surface area is 142 Å². The van der Waals surface area contributed by atoms with E-state index in [2.05, 4.69) is 0 Å². The van der Waals surface area contributed by atoms with Crippen LogP contribution in [0.1, 0.15) is 37.0 Å². The molecule has 1 atom stereocenters. The van der Waals surface area contributed by atoms with E-state index >= 15 is 0 Å². The summed E-state index contributed by atoms with van der Waals surface area (Å²) in [5.74, 6) is -0.397. The van der Waals surface area contributed by atoms with E-state index in [0.29, 0.717) is 18.4 Å². The Bertz CT molecular complexity index is 704. The molecule has 0 fully saturated rings. The molecule has 0 radical (unpaired) electrons. The quantitative estimate of drug-likeness (QED) is 0.423. The molecule has 132 valence electrons. The molecule has 0 saturated heterocycles. The predicted octanol–water partition coefficient (Wildman–Crippen LogP) is 2.72. The summed E-state index contributed by atoms with van der Waals surface area (Å²) >= 11 is 0. The van der Waals surface area contributed by atoms with E-state index in [1.54, 1.807) is 36.4 Å². The molecule has 1 unspecified atom stereocenters. The summed E-state index contributed by atoms with van der Waals surface area (Å²) in [7, 11) is -4.49. The van der Waals surface area contributed by atoms with E-state index in [1.165, 1.54) is 6.92 Å². The van der Waals surface area contributed by atoms with Gasteiger partial charge in [-0.05, 0) is 50.5 Å². The van der Waals surface area contributed by atoms with Crippen molar-refractivity contribution in [2.75, 3.05) is 6.61 Å². The molecule has 1 rings (SSSR count). The van der Waals surface area contributed by atoms with Crippen LogP contribution in [0.4, 0.5) is 0 Å². The topological polar surface area (TPSA) is 101 Å². The highest BCUT2D eigenvalue weighted by atomic mass is 32.2. The Hall–Kier alpha value is -1.96. The highest BCUT2D eigenvalue weighted by molar-refractivity contribution is 7.86. The molecule has 0 spiro atoms. The minimum absolute atomic E-state index is 0.149. The van der Waals surface area contributed by atoms with E-state index < -0.39 is 21.5 Å². The van der Waals surface area contributed by atoms with Gasteiger partial charge in [0.05, 0.1) is 5.56 Å². The molecule has 0 aliphatic rings. The van der Waals surface area contributed by atoms with E-state index in [9.17, 15) is 18.3 Å². The number of allylic oxidation sites excluding steroid dienone is 2. The molecule has 0 bridgehead atoms. The fraction of sp³-hybridized carbons (Fsp3) is 0.353. The normalized spacial score (nSPS) is 14.3. The van der Waals surface area contributed by atoms with Gasteiger partial charge in [0.15, 0.2) is 0 Å². The van der Waals surface area contributed by atoms with Crippen LogP contribution in [0.2, 0.25) is 0 Å². The highest BCUT2D eigenvalue weighted by Crippen LogP contribution is 2.12. The average molecular weight is 354 g/mol. The Balaban J connectivity index is 2.41. The number of benzene rings is 1. The van der Waals surface area contributed by atoms with E-state index in [4.69, 9.17) is 9.29 Å². The lowest BCUT2D eigenvalue weighted by atomic mass is 10.1. The number of carbonyl (C=O) groups is 1. The Kier molecular flexibility index (Phi) is 7.84. The lowest BCUT2D eigenvalue weighted by Gasteiger charge is -2.07. The van der Waals surface area contributed by atoms with Crippen molar-refractivity contribution >= 4 is 16.1 Å². The first-order valence-corrected chi connectivity index (χ1v) is 8.91. The third-order valence-corrected chi connectivity index (χ3v) is 4.27. The summed E-state index contributed by atoms with van der Waals surface area (Å²) in [6, 6.07) is 8.68. The number of hydrogen-bond acceptors (Lipinski definition) is 5. The average Bonchev–Trinajstić information content (AvgIpc) is 2.53. The lowest BCUT2D eigenvalue weighted by molar-refractivity contribution is 0.0549. The number of carbonyl (C=O) groups excluding carboxylic acids is 1. The highest BCUT2D eigenvalue weighted by Gasteiger charge is 2.20. The van der Waals surface area contributed by atoms with Crippen LogP contribution in [-0.2, 0) is 14.9 Å². The maximum absolute atomic E-state index is 11.7. The molecule has 0 heterocycles. The lowest BCUT2D eigenvalue weighted by Crippen LogP contribution is -2.20. The van der Waals surface area contributed by atoms with Gasteiger partial charge in [-0.15, -0.1) is 0 Å². The maximum Gasteiger partial charge on any atom is 0.338 e. The first kappa shape index (κ1) is 20.1. The molecule has 7 heteroatoms. The monoisotopic (exact) mass is 354 g/mol. The third kappa shape index (κ3) is 7.08. The second-order valence-corrected chi connectivity index (χ2v) is 6.85. The van der Waals surface area contributed by atoms with Gasteiger partial charge >= 0.3 is 5.97 Å². The molecule has 6 nitrogen and oxygen atoms in total. The molecule has 0 aromatic heterocycles. The molecular formula is C17H22O6S. The third-order valence-electron chi connectivity index (χ3n) is 3.33. The summed E-state index contributed by atoms with van der Waals surface area (Å²) in [4.78, 5) is 11.7. The van der Waals surface area contributed by atoms with E-state index in [-0.39, 0.29) is 12.2 Å². The van der Waals surface area contributed by atoms with Crippen LogP contribution in [0.5, 0.6) is 0 Å². The van der Waals surface area contributed by atoms with Gasteiger partial charge in [-0.25, -0.2) is 4.79 Å². The van der Waals surface area contributed by atoms with Crippen molar-refractivity contribution in [1.82, 2.24) is 0 Å². The minimum atomic E-state index is -4.49. The van der Waals surface area contributed by atoms with Crippen molar-refractivity contribution in [2.24, 2.45) is 0 Å². The summed E-state index contributed by atoms with van der Waals surface area (Å²) in [5.41, 5.74) is -0.281. The zero-order valence-electron chi connectivity index (χ0n) is 13.7. The molecule has 1 aromatic rings. The van der Waals surface area contributed by atoms with Gasteiger partial charge in [-0.2, -0.15) is 8.42 Å². The molecule has 0 aliphatic heterocycles. The molecule has 1 aromatic carbocycles. The molecule has 24 heavy (non-hydrogen) atoms. The van der Waals surface area contributed by atoms with Crippen molar-refractivity contribution in [3.05, 3.63) is 59.2 Å². The van der Waals surface area contributed by atoms with Crippen LogP contribution in [0, 0.1) is 0 Å². The summed E-state index contributed by atoms with van der Waals surface area (Å²) in [5, 5.41) is 9.35.